The summed E-state index contributed by atoms with van der Waals surface area (Å²) in [5.74, 6) is -1.54. The van der Waals surface area contributed by atoms with Crippen molar-refractivity contribution in [2.45, 2.75) is 0 Å². The minimum atomic E-state index is -0.668. The van der Waals surface area contributed by atoms with E-state index in [1.807, 2.05) is 0 Å². The number of fused-ring (bicyclic) bond motifs is 1. The minimum Gasteiger partial charge on any atom is -0.493 e. The van der Waals surface area contributed by atoms with Gasteiger partial charge in [0.2, 0.25) is 0 Å². The minimum absolute atomic E-state index is 0.000782. The quantitative estimate of drug-likeness (QED) is 0.181. The number of anilines is 2. The summed E-state index contributed by atoms with van der Waals surface area (Å²) in [7, 11) is 2.97. The van der Waals surface area contributed by atoms with E-state index >= 15 is 0 Å². The molecule has 0 aliphatic carbocycles. The Morgan fingerprint density at radius 3 is 2.07 bits per heavy atom. The third kappa shape index (κ3) is 5.47. The fourth-order valence-corrected chi connectivity index (χ4v) is 6.00. The maximum Gasteiger partial charge on any atom is 0.282 e. The molecule has 1 N–H and O–H groups in total. The number of benzene rings is 4. The number of methoxy groups -OCH3 is 2. The van der Waals surface area contributed by atoms with Gasteiger partial charge in [0.25, 0.3) is 23.6 Å². The number of ether oxygens (including phenoxy) is 2. The molecule has 0 unspecified atom stereocenters. The Labute approximate surface area is 277 Å². The SMILES string of the molecule is COc1ccc(/C=C2\C(=O)N(c3c(Cl)cc(Cl)cc3Cl)N=C2NC(=O)c2cccc(N3C(=O)c4ccccc4C3=O)c2)cc1OC. The molecule has 6 rings (SSSR count). The molecule has 0 atom stereocenters. The van der Waals surface area contributed by atoms with Gasteiger partial charge >= 0.3 is 0 Å². The lowest BCUT2D eigenvalue weighted by Gasteiger charge is -2.15. The monoisotopic (exact) mass is 674 g/mol. The first-order chi connectivity index (χ1) is 22.1. The first-order valence-corrected chi connectivity index (χ1v) is 14.7. The van der Waals surface area contributed by atoms with Gasteiger partial charge in [-0.05, 0) is 66.2 Å². The summed E-state index contributed by atoms with van der Waals surface area (Å²) < 4.78 is 10.7. The Hall–Kier alpha value is -5.16. The van der Waals surface area contributed by atoms with E-state index in [2.05, 4.69) is 10.4 Å². The molecule has 0 spiro atoms. The summed E-state index contributed by atoms with van der Waals surface area (Å²) in [5, 5.41) is 8.39. The van der Waals surface area contributed by atoms with E-state index in [4.69, 9.17) is 44.3 Å². The predicted octanol–water partition coefficient (Wildman–Crippen LogP) is 6.64. The van der Waals surface area contributed by atoms with Gasteiger partial charge in [-0.15, -0.1) is 5.10 Å². The molecule has 0 saturated heterocycles. The molecule has 4 aromatic carbocycles. The van der Waals surface area contributed by atoms with Gasteiger partial charge in [-0.1, -0.05) is 59.1 Å². The van der Waals surface area contributed by atoms with Gasteiger partial charge in [-0.3, -0.25) is 19.2 Å². The third-order valence-corrected chi connectivity index (χ3v) is 7.98. The van der Waals surface area contributed by atoms with Crippen molar-refractivity contribution in [3.8, 4) is 11.5 Å². The number of hydrogen-bond donors (Lipinski definition) is 1. The molecule has 10 nitrogen and oxygen atoms in total. The Morgan fingerprint density at radius 1 is 0.783 bits per heavy atom. The number of hydrazone groups is 1. The van der Waals surface area contributed by atoms with Gasteiger partial charge in [-0.25, -0.2) is 4.90 Å². The average molecular weight is 676 g/mol. The van der Waals surface area contributed by atoms with Gasteiger partial charge in [0.1, 0.15) is 5.69 Å². The maximum atomic E-state index is 13.8. The number of carbonyl (C=O) groups excluding carboxylic acids is 4. The number of rotatable bonds is 6. The smallest absolute Gasteiger partial charge is 0.282 e. The van der Waals surface area contributed by atoms with E-state index in [0.29, 0.717) is 17.1 Å². The van der Waals surface area contributed by atoms with Crippen LogP contribution in [0.2, 0.25) is 15.1 Å². The number of nitrogens with one attached hydrogen (secondary N) is 1. The van der Waals surface area contributed by atoms with E-state index in [1.165, 1.54) is 50.6 Å². The van der Waals surface area contributed by atoms with Crippen LogP contribution < -0.4 is 24.7 Å². The fraction of sp³-hybridized carbons (Fsp3) is 0.0606. The highest BCUT2D eigenvalue weighted by Gasteiger charge is 2.37. The lowest BCUT2D eigenvalue weighted by atomic mass is 10.1. The fourth-order valence-electron chi connectivity index (χ4n) is 5.02. The number of amides is 4. The van der Waals surface area contributed by atoms with E-state index in [9.17, 15) is 19.2 Å². The lowest BCUT2D eigenvalue weighted by molar-refractivity contribution is -0.114. The molecule has 0 bridgehead atoms. The standard InChI is InChI=1S/C33H21Cl3N4O6/c1-45-26-11-10-17(13-27(26)46-2)12-23-29(38-40(33(23)44)28-24(35)15-19(34)16-25(28)36)37-30(41)18-6-5-7-20(14-18)39-31(42)21-8-3-4-9-22(21)32(39)43/h3-16H,1-2H3,(H,37,38,41)/b23-12-. The summed E-state index contributed by atoms with van der Waals surface area (Å²) >= 11 is 18.9. The Balaban J connectivity index is 1.37. The second-order valence-electron chi connectivity index (χ2n) is 9.95. The number of nitrogens with zero attached hydrogens (tertiary/aromatic N) is 3. The largest absolute Gasteiger partial charge is 0.493 e. The predicted molar refractivity (Wildman–Crippen MR) is 175 cm³/mol. The molecule has 13 heteroatoms. The zero-order valence-electron chi connectivity index (χ0n) is 24.0. The molecule has 4 amide bonds. The zero-order valence-corrected chi connectivity index (χ0v) is 26.3. The highest BCUT2D eigenvalue weighted by Crippen LogP contribution is 2.39. The van der Waals surface area contributed by atoms with Crippen molar-refractivity contribution in [3.63, 3.8) is 0 Å². The number of hydrogen-bond acceptors (Lipinski definition) is 7. The van der Waals surface area contributed by atoms with E-state index < -0.39 is 23.6 Å². The highest BCUT2D eigenvalue weighted by atomic mass is 35.5. The third-order valence-electron chi connectivity index (χ3n) is 7.18. The average Bonchev–Trinajstić information content (AvgIpc) is 3.48. The van der Waals surface area contributed by atoms with Crippen molar-refractivity contribution < 1.29 is 28.7 Å². The molecule has 0 saturated carbocycles. The van der Waals surface area contributed by atoms with Crippen LogP contribution in [0.5, 0.6) is 11.5 Å². The molecule has 230 valence electrons. The van der Waals surface area contributed by atoms with Gasteiger partial charge in [-0.2, -0.15) is 5.01 Å². The molecule has 0 fully saturated rings. The van der Waals surface area contributed by atoms with Crippen LogP contribution in [0.15, 0.2) is 89.5 Å². The van der Waals surface area contributed by atoms with Gasteiger partial charge < -0.3 is 14.8 Å². The normalized spacial score (nSPS) is 14.9. The van der Waals surface area contributed by atoms with Crippen LogP contribution in [-0.2, 0) is 4.79 Å². The molecule has 2 aliphatic rings. The van der Waals surface area contributed by atoms with Crippen LogP contribution in [0.1, 0.15) is 36.6 Å². The lowest BCUT2D eigenvalue weighted by Crippen LogP contribution is -2.32. The zero-order chi connectivity index (χ0) is 32.7. The Kier molecular flexibility index (Phi) is 8.26. The van der Waals surface area contributed by atoms with Crippen molar-refractivity contribution in [1.29, 1.82) is 0 Å². The van der Waals surface area contributed by atoms with Gasteiger partial charge in [0.05, 0.1) is 46.7 Å². The summed E-state index contributed by atoms with van der Waals surface area (Å²) in [6, 6.07) is 20.3. The topological polar surface area (TPSA) is 118 Å². The summed E-state index contributed by atoms with van der Waals surface area (Å²) in [6.45, 7) is 0. The van der Waals surface area contributed by atoms with Crippen LogP contribution in [0.4, 0.5) is 11.4 Å². The molecule has 0 radical (unpaired) electrons. The van der Waals surface area contributed by atoms with Crippen LogP contribution in [0, 0.1) is 0 Å². The molecule has 0 aromatic heterocycles. The first kappa shape index (κ1) is 30.8. The molecule has 4 aromatic rings. The summed E-state index contributed by atoms with van der Waals surface area (Å²) in [5.41, 5.74) is 1.43. The second kappa shape index (κ2) is 12.3. The highest BCUT2D eigenvalue weighted by molar-refractivity contribution is 6.44. The van der Waals surface area contributed by atoms with E-state index in [-0.39, 0.29) is 54.5 Å². The molecule has 46 heavy (non-hydrogen) atoms. The first-order valence-electron chi connectivity index (χ1n) is 13.5. The molecule has 2 heterocycles. The van der Waals surface area contributed by atoms with Crippen LogP contribution >= 0.6 is 34.8 Å². The van der Waals surface area contributed by atoms with Crippen molar-refractivity contribution in [2.75, 3.05) is 24.1 Å². The summed E-state index contributed by atoms with van der Waals surface area (Å²) in [4.78, 5) is 54.5. The number of halogens is 3. The second-order valence-corrected chi connectivity index (χ2v) is 11.2. The van der Waals surface area contributed by atoms with Crippen molar-refractivity contribution in [3.05, 3.63) is 122 Å². The van der Waals surface area contributed by atoms with Crippen LogP contribution in [-0.4, -0.2) is 43.7 Å². The van der Waals surface area contributed by atoms with Gasteiger partial charge in [0.15, 0.2) is 17.3 Å². The number of amidine groups is 1. The molecular weight excluding hydrogens is 655 g/mol. The summed E-state index contributed by atoms with van der Waals surface area (Å²) in [6.07, 6.45) is 1.51. The van der Waals surface area contributed by atoms with E-state index in [0.717, 1.165) is 9.91 Å². The molecular formula is C33H21Cl3N4O6. The van der Waals surface area contributed by atoms with Crippen LogP contribution in [0.25, 0.3) is 6.08 Å². The van der Waals surface area contributed by atoms with Crippen molar-refractivity contribution >= 4 is 81.7 Å². The van der Waals surface area contributed by atoms with Crippen LogP contribution in [0.3, 0.4) is 0 Å². The Bertz CT molecular complexity index is 1990. The Morgan fingerprint density at radius 2 is 1.43 bits per heavy atom. The van der Waals surface area contributed by atoms with Crippen molar-refractivity contribution in [2.24, 2.45) is 5.10 Å². The number of carbonyl (C=O) groups is 4. The van der Waals surface area contributed by atoms with Gasteiger partial charge in [0, 0.05) is 10.6 Å². The van der Waals surface area contributed by atoms with E-state index in [1.54, 1.807) is 48.5 Å². The maximum absolute atomic E-state index is 13.8. The van der Waals surface area contributed by atoms with Crippen molar-refractivity contribution in [1.82, 2.24) is 5.32 Å². The number of imide groups is 1. The molecule has 2 aliphatic heterocycles.